The van der Waals surface area contributed by atoms with Crippen molar-refractivity contribution < 1.29 is 19.4 Å². The van der Waals surface area contributed by atoms with E-state index in [9.17, 15) is 4.79 Å². The number of aliphatic hydroxyl groups excluding tert-OH is 1. The summed E-state index contributed by atoms with van der Waals surface area (Å²) in [5.41, 5.74) is 1.23. The Kier molecular flexibility index (Phi) is 5.63. The molecule has 0 saturated carbocycles. The first-order valence-corrected chi connectivity index (χ1v) is 6.96. The van der Waals surface area contributed by atoms with Crippen LogP contribution in [0.1, 0.15) is 5.56 Å². The van der Waals surface area contributed by atoms with Gasteiger partial charge in [0.25, 0.3) is 5.91 Å². The lowest BCUT2D eigenvalue weighted by molar-refractivity contribution is -0.118. The van der Waals surface area contributed by atoms with Gasteiger partial charge in [-0.2, -0.15) is 0 Å². The van der Waals surface area contributed by atoms with E-state index in [0.29, 0.717) is 27.8 Å². The fraction of sp³-hybridized carbons (Fsp3) is 0.188. The standard InChI is InChI=1S/C16H16ClNO4/c1-21-15-8-11(9-19)6-7-14(15)22-10-16(20)18-13-5-3-2-4-12(13)17/h2-8,19H,9-10H2,1H3,(H,18,20). The molecule has 1 amide bonds. The van der Waals surface area contributed by atoms with E-state index in [4.69, 9.17) is 26.2 Å². The van der Waals surface area contributed by atoms with Gasteiger partial charge in [-0.15, -0.1) is 0 Å². The SMILES string of the molecule is COc1cc(CO)ccc1OCC(=O)Nc1ccccc1Cl. The lowest BCUT2D eigenvalue weighted by Crippen LogP contribution is -2.20. The lowest BCUT2D eigenvalue weighted by Gasteiger charge is -2.12. The van der Waals surface area contributed by atoms with Crippen molar-refractivity contribution >= 4 is 23.2 Å². The normalized spacial score (nSPS) is 10.1. The molecule has 5 nitrogen and oxygen atoms in total. The Morgan fingerprint density at radius 3 is 2.68 bits per heavy atom. The van der Waals surface area contributed by atoms with Gasteiger partial charge >= 0.3 is 0 Å². The van der Waals surface area contributed by atoms with Gasteiger partial charge in [-0.05, 0) is 29.8 Å². The minimum atomic E-state index is -0.332. The van der Waals surface area contributed by atoms with E-state index in [0.717, 1.165) is 0 Å². The summed E-state index contributed by atoms with van der Waals surface area (Å²) in [5.74, 6) is 0.549. The predicted octanol–water partition coefficient (Wildman–Crippen LogP) is 2.86. The number of carbonyl (C=O) groups is 1. The monoisotopic (exact) mass is 321 g/mol. The van der Waals surface area contributed by atoms with E-state index in [-0.39, 0.29) is 19.1 Å². The zero-order valence-corrected chi connectivity index (χ0v) is 12.8. The van der Waals surface area contributed by atoms with Crippen LogP contribution in [0.15, 0.2) is 42.5 Å². The first-order chi connectivity index (χ1) is 10.6. The van der Waals surface area contributed by atoms with Crippen molar-refractivity contribution in [1.82, 2.24) is 0 Å². The topological polar surface area (TPSA) is 67.8 Å². The maximum atomic E-state index is 11.9. The lowest BCUT2D eigenvalue weighted by atomic mass is 10.2. The summed E-state index contributed by atoms with van der Waals surface area (Å²) in [4.78, 5) is 11.9. The Morgan fingerprint density at radius 1 is 1.23 bits per heavy atom. The second-order valence-corrected chi connectivity index (χ2v) is 4.87. The van der Waals surface area contributed by atoms with Gasteiger partial charge in [-0.25, -0.2) is 0 Å². The summed E-state index contributed by atoms with van der Waals surface area (Å²) in [7, 11) is 1.49. The zero-order valence-electron chi connectivity index (χ0n) is 12.0. The van der Waals surface area contributed by atoms with E-state index in [1.807, 2.05) is 0 Å². The number of anilines is 1. The summed E-state index contributed by atoms with van der Waals surface area (Å²) in [6, 6.07) is 11.9. The third kappa shape index (κ3) is 4.13. The highest BCUT2D eigenvalue weighted by Crippen LogP contribution is 2.28. The van der Waals surface area contributed by atoms with Crippen LogP contribution in [0.2, 0.25) is 5.02 Å². The van der Waals surface area contributed by atoms with Crippen LogP contribution in [0.3, 0.4) is 0 Å². The van der Waals surface area contributed by atoms with Crippen molar-refractivity contribution in [3.8, 4) is 11.5 Å². The van der Waals surface area contributed by atoms with Gasteiger partial charge in [0.1, 0.15) is 0 Å². The van der Waals surface area contributed by atoms with Gasteiger partial charge in [0.15, 0.2) is 18.1 Å². The third-order valence-corrected chi connectivity index (χ3v) is 3.25. The molecule has 22 heavy (non-hydrogen) atoms. The molecule has 0 spiro atoms. The van der Waals surface area contributed by atoms with Gasteiger partial charge in [-0.3, -0.25) is 4.79 Å². The largest absolute Gasteiger partial charge is 0.493 e. The summed E-state index contributed by atoms with van der Waals surface area (Å²) in [5, 5.41) is 12.2. The van der Waals surface area contributed by atoms with Gasteiger partial charge in [0, 0.05) is 0 Å². The number of nitrogens with one attached hydrogen (secondary N) is 1. The van der Waals surface area contributed by atoms with Gasteiger partial charge in [0.05, 0.1) is 24.4 Å². The van der Waals surface area contributed by atoms with Crippen molar-refractivity contribution in [3.63, 3.8) is 0 Å². The summed E-state index contributed by atoms with van der Waals surface area (Å²) < 4.78 is 10.6. The number of amides is 1. The molecule has 0 aliphatic heterocycles. The number of benzene rings is 2. The Balaban J connectivity index is 1.98. The van der Waals surface area contributed by atoms with Gasteiger partial charge < -0.3 is 19.9 Å². The van der Waals surface area contributed by atoms with E-state index >= 15 is 0 Å². The van der Waals surface area contributed by atoms with E-state index in [2.05, 4.69) is 5.32 Å². The molecule has 0 saturated heterocycles. The number of ether oxygens (including phenoxy) is 2. The number of hydrogen-bond donors (Lipinski definition) is 2. The molecule has 0 aliphatic carbocycles. The molecule has 0 unspecified atom stereocenters. The van der Waals surface area contributed by atoms with Crippen molar-refractivity contribution in [2.45, 2.75) is 6.61 Å². The Hall–Kier alpha value is -2.24. The number of methoxy groups -OCH3 is 1. The number of hydrogen-bond acceptors (Lipinski definition) is 4. The average Bonchev–Trinajstić information content (AvgIpc) is 2.55. The van der Waals surface area contributed by atoms with Crippen LogP contribution >= 0.6 is 11.6 Å². The maximum Gasteiger partial charge on any atom is 0.262 e. The van der Waals surface area contributed by atoms with Crippen LogP contribution in [0.25, 0.3) is 0 Å². The van der Waals surface area contributed by atoms with Gasteiger partial charge in [0.2, 0.25) is 0 Å². The highest BCUT2D eigenvalue weighted by atomic mass is 35.5. The van der Waals surface area contributed by atoms with E-state index in [1.165, 1.54) is 7.11 Å². The van der Waals surface area contributed by atoms with Crippen LogP contribution in [0, 0.1) is 0 Å². The second kappa shape index (κ2) is 7.68. The molecule has 0 fully saturated rings. The zero-order chi connectivity index (χ0) is 15.9. The average molecular weight is 322 g/mol. The fourth-order valence-corrected chi connectivity index (χ4v) is 2.00. The minimum absolute atomic E-state index is 0.0936. The van der Waals surface area contributed by atoms with E-state index in [1.54, 1.807) is 42.5 Å². The summed E-state index contributed by atoms with van der Waals surface area (Å²) in [6.07, 6.45) is 0. The molecule has 0 heterocycles. The summed E-state index contributed by atoms with van der Waals surface area (Å²) >= 11 is 5.97. The third-order valence-electron chi connectivity index (χ3n) is 2.92. The van der Waals surface area contributed by atoms with Crippen molar-refractivity contribution in [3.05, 3.63) is 53.1 Å². The second-order valence-electron chi connectivity index (χ2n) is 4.46. The number of halogens is 1. The van der Waals surface area contributed by atoms with Crippen LogP contribution in [-0.4, -0.2) is 24.7 Å². The minimum Gasteiger partial charge on any atom is -0.493 e. The molecule has 2 aromatic rings. The molecule has 0 radical (unpaired) electrons. The molecule has 2 rings (SSSR count). The molecule has 116 valence electrons. The molecule has 2 aromatic carbocycles. The molecule has 2 N–H and O–H groups in total. The van der Waals surface area contributed by atoms with Gasteiger partial charge in [-0.1, -0.05) is 29.8 Å². The van der Waals surface area contributed by atoms with Crippen molar-refractivity contribution in [2.24, 2.45) is 0 Å². The Morgan fingerprint density at radius 2 is 2.00 bits per heavy atom. The number of rotatable bonds is 6. The molecule has 0 atom stereocenters. The van der Waals surface area contributed by atoms with Crippen LogP contribution in [-0.2, 0) is 11.4 Å². The first-order valence-electron chi connectivity index (χ1n) is 6.59. The molecule has 0 aromatic heterocycles. The fourth-order valence-electron chi connectivity index (χ4n) is 1.82. The number of para-hydroxylation sites is 1. The van der Waals surface area contributed by atoms with Crippen LogP contribution in [0.5, 0.6) is 11.5 Å². The quantitative estimate of drug-likeness (QED) is 0.858. The van der Waals surface area contributed by atoms with E-state index < -0.39 is 0 Å². The highest BCUT2D eigenvalue weighted by Gasteiger charge is 2.10. The highest BCUT2D eigenvalue weighted by molar-refractivity contribution is 6.33. The first kappa shape index (κ1) is 16.1. The number of aliphatic hydroxyl groups is 1. The summed E-state index contributed by atoms with van der Waals surface area (Å²) in [6.45, 7) is -0.274. The molecular weight excluding hydrogens is 306 g/mol. The van der Waals surface area contributed by atoms with Crippen LogP contribution in [0.4, 0.5) is 5.69 Å². The molecule has 0 bridgehead atoms. The molecular formula is C16H16ClNO4. The number of carbonyl (C=O) groups excluding carboxylic acids is 1. The Bertz CT molecular complexity index is 660. The Labute approximate surface area is 133 Å². The predicted molar refractivity (Wildman–Crippen MR) is 84.5 cm³/mol. The van der Waals surface area contributed by atoms with Crippen molar-refractivity contribution in [2.75, 3.05) is 19.0 Å². The van der Waals surface area contributed by atoms with Crippen LogP contribution < -0.4 is 14.8 Å². The molecule has 0 aliphatic rings. The van der Waals surface area contributed by atoms with Crippen molar-refractivity contribution in [1.29, 1.82) is 0 Å². The smallest absolute Gasteiger partial charge is 0.262 e. The maximum absolute atomic E-state index is 11.9. The molecule has 6 heteroatoms.